The van der Waals surface area contributed by atoms with Crippen LogP contribution in [0.15, 0.2) is 48.5 Å². The molecule has 1 atom stereocenters. The van der Waals surface area contributed by atoms with E-state index in [0.717, 1.165) is 22.7 Å². The zero-order valence-electron chi connectivity index (χ0n) is 12.0. The van der Waals surface area contributed by atoms with Gasteiger partial charge in [-0.15, -0.1) is 0 Å². The molecule has 0 radical (unpaired) electrons. The molecule has 0 amide bonds. The maximum atomic E-state index is 10.1. The Morgan fingerprint density at radius 2 is 1.95 bits per heavy atom. The standard InChI is InChI=1S/C17H19NO3/c1-20-16-9-5-3-7-14(16)18-17(12-19)10-11-21-15-8-4-2-6-13(15)17/h2-9,18-19H,10-12H2,1H3. The van der Waals surface area contributed by atoms with Gasteiger partial charge >= 0.3 is 0 Å². The normalized spacial score (nSPS) is 20.3. The van der Waals surface area contributed by atoms with E-state index in [0.29, 0.717) is 13.0 Å². The fraction of sp³-hybridized carbons (Fsp3) is 0.294. The monoisotopic (exact) mass is 285 g/mol. The van der Waals surface area contributed by atoms with Gasteiger partial charge in [0.15, 0.2) is 0 Å². The van der Waals surface area contributed by atoms with Gasteiger partial charge in [0, 0.05) is 12.0 Å². The molecular weight excluding hydrogens is 266 g/mol. The van der Waals surface area contributed by atoms with Crippen molar-refractivity contribution in [3.05, 3.63) is 54.1 Å². The molecule has 0 saturated heterocycles. The van der Waals surface area contributed by atoms with Crippen molar-refractivity contribution in [2.75, 3.05) is 25.6 Å². The minimum Gasteiger partial charge on any atom is -0.495 e. The molecule has 0 spiro atoms. The lowest BCUT2D eigenvalue weighted by atomic mass is 9.85. The summed E-state index contributed by atoms with van der Waals surface area (Å²) in [6.07, 6.45) is 0.693. The number of rotatable bonds is 4. The number of methoxy groups -OCH3 is 1. The molecule has 2 aromatic carbocycles. The van der Waals surface area contributed by atoms with Crippen LogP contribution >= 0.6 is 0 Å². The van der Waals surface area contributed by atoms with E-state index in [9.17, 15) is 5.11 Å². The molecule has 4 nitrogen and oxygen atoms in total. The van der Waals surface area contributed by atoms with Crippen molar-refractivity contribution in [2.45, 2.75) is 12.0 Å². The summed E-state index contributed by atoms with van der Waals surface area (Å²) in [6.45, 7) is 0.561. The van der Waals surface area contributed by atoms with E-state index in [1.54, 1.807) is 7.11 Å². The van der Waals surface area contributed by atoms with E-state index in [1.165, 1.54) is 0 Å². The molecule has 0 aromatic heterocycles. The molecule has 0 aliphatic carbocycles. The molecule has 1 heterocycles. The summed E-state index contributed by atoms with van der Waals surface area (Å²) in [5.74, 6) is 1.58. The van der Waals surface area contributed by atoms with Gasteiger partial charge in [-0.1, -0.05) is 30.3 Å². The number of benzene rings is 2. The lowest BCUT2D eigenvalue weighted by molar-refractivity contribution is 0.152. The van der Waals surface area contributed by atoms with Crippen LogP contribution in [0.5, 0.6) is 11.5 Å². The number of aliphatic hydroxyl groups excluding tert-OH is 1. The molecule has 21 heavy (non-hydrogen) atoms. The number of hydrogen-bond donors (Lipinski definition) is 2. The Hall–Kier alpha value is -2.20. The molecule has 2 aromatic rings. The second kappa shape index (κ2) is 5.66. The number of ether oxygens (including phenoxy) is 2. The van der Waals surface area contributed by atoms with Crippen LogP contribution in [-0.4, -0.2) is 25.4 Å². The summed E-state index contributed by atoms with van der Waals surface area (Å²) in [7, 11) is 1.64. The Balaban J connectivity index is 2.02. The maximum Gasteiger partial charge on any atom is 0.141 e. The zero-order valence-corrected chi connectivity index (χ0v) is 12.0. The molecule has 1 aliphatic rings. The number of anilines is 1. The second-order valence-corrected chi connectivity index (χ2v) is 5.16. The molecule has 1 unspecified atom stereocenters. The van der Waals surface area contributed by atoms with Crippen LogP contribution in [0.25, 0.3) is 0 Å². The van der Waals surface area contributed by atoms with Gasteiger partial charge in [0.25, 0.3) is 0 Å². The Kier molecular flexibility index (Phi) is 3.71. The third-order valence-electron chi connectivity index (χ3n) is 3.94. The minimum atomic E-state index is -0.552. The largest absolute Gasteiger partial charge is 0.495 e. The van der Waals surface area contributed by atoms with Gasteiger partial charge in [0.1, 0.15) is 11.5 Å². The minimum absolute atomic E-state index is 0.00851. The number of nitrogens with one attached hydrogen (secondary N) is 1. The number of fused-ring (bicyclic) bond motifs is 1. The van der Waals surface area contributed by atoms with Crippen molar-refractivity contribution in [1.82, 2.24) is 0 Å². The lowest BCUT2D eigenvalue weighted by Crippen LogP contribution is -2.43. The summed E-state index contributed by atoms with van der Waals surface area (Å²) in [4.78, 5) is 0. The molecular formula is C17H19NO3. The predicted octanol–water partition coefficient (Wildman–Crippen LogP) is 2.78. The lowest BCUT2D eigenvalue weighted by Gasteiger charge is -2.39. The topological polar surface area (TPSA) is 50.7 Å². The molecule has 4 heteroatoms. The average Bonchev–Trinajstić information content (AvgIpc) is 2.55. The van der Waals surface area contributed by atoms with Crippen molar-refractivity contribution in [2.24, 2.45) is 0 Å². The van der Waals surface area contributed by atoms with E-state index in [4.69, 9.17) is 9.47 Å². The summed E-state index contributed by atoms with van der Waals surface area (Å²) in [5.41, 5.74) is 1.29. The Labute approximate surface area is 124 Å². The van der Waals surface area contributed by atoms with Crippen LogP contribution in [0.2, 0.25) is 0 Å². The van der Waals surface area contributed by atoms with Crippen LogP contribution in [0.3, 0.4) is 0 Å². The van der Waals surface area contributed by atoms with Gasteiger partial charge in [-0.2, -0.15) is 0 Å². The number of hydrogen-bond acceptors (Lipinski definition) is 4. The summed E-state index contributed by atoms with van der Waals surface area (Å²) < 4.78 is 11.1. The van der Waals surface area contributed by atoms with Crippen molar-refractivity contribution < 1.29 is 14.6 Å². The molecule has 0 bridgehead atoms. The van der Waals surface area contributed by atoms with E-state index in [2.05, 4.69) is 5.32 Å². The summed E-state index contributed by atoms with van der Waals surface area (Å²) in [5, 5.41) is 13.5. The SMILES string of the molecule is COc1ccccc1NC1(CO)CCOc2ccccc21. The predicted molar refractivity (Wildman–Crippen MR) is 81.9 cm³/mol. The smallest absolute Gasteiger partial charge is 0.141 e. The van der Waals surface area contributed by atoms with Gasteiger partial charge in [0.2, 0.25) is 0 Å². The highest BCUT2D eigenvalue weighted by Gasteiger charge is 2.37. The van der Waals surface area contributed by atoms with Gasteiger partial charge in [-0.25, -0.2) is 0 Å². The van der Waals surface area contributed by atoms with Crippen LogP contribution in [0.1, 0.15) is 12.0 Å². The Morgan fingerprint density at radius 1 is 1.19 bits per heavy atom. The van der Waals surface area contributed by atoms with Gasteiger partial charge < -0.3 is 19.9 Å². The van der Waals surface area contributed by atoms with Crippen LogP contribution in [-0.2, 0) is 5.54 Å². The highest BCUT2D eigenvalue weighted by Crippen LogP contribution is 2.40. The van der Waals surface area contributed by atoms with E-state index in [-0.39, 0.29) is 6.61 Å². The van der Waals surface area contributed by atoms with E-state index >= 15 is 0 Å². The number of aliphatic hydroxyl groups is 1. The van der Waals surface area contributed by atoms with Crippen molar-refractivity contribution in [1.29, 1.82) is 0 Å². The fourth-order valence-electron chi connectivity index (χ4n) is 2.80. The fourth-order valence-corrected chi connectivity index (χ4v) is 2.80. The second-order valence-electron chi connectivity index (χ2n) is 5.16. The maximum absolute atomic E-state index is 10.1. The first-order valence-corrected chi connectivity index (χ1v) is 7.03. The van der Waals surface area contributed by atoms with Crippen LogP contribution in [0.4, 0.5) is 5.69 Å². The van der Waals surface area contributed by atoms with Gasteiger partial charge in [-0.05, 0) is 18.2 Å². The molecule has 110 valence electrons. The molecule has 2 N–H and O–H groups in total. The molecule has 0 fully saturated rings. The highest BCUT2D eigenvalue weighted by atomic mass is 16.5. The van der Waals surface area contributed by atoms with Crippen molar-refractivity contribution >= 4 is 5.69 Å². The van der Waals surface area contributed by atoms with Crippen LogP contribution < -0.4 is 14.8 Å². The molecule has 0 saturated carbocycles. The Bertz CT molecular complexity index is 629. The van der Waals surface area contributed by atoms with E-state index in [1.807, 2.05) is 48.5 Å². The summed E-state index contributed by atoms with van der Waals surface area (Å²) in [6, 6.07) is 15.6. The molecule has 1 aliphatic heterocycles. The van der Waals surface area contributed by atoms with Gasteiger partial charge in [-0.3, -0.25) is 0 Å². The first kappa shape index (κ1) is 13.8. The first-order valence-electron chi connectivity index (χ1n) is 7.03. The van der Waals surface area contributed by atoms with Crippen molar-refractivity contribution in [3.8, 4) is 11.5 Å². The summed E-state index contributed by atoms with van der Waals surface area (Å²) >= 11 is 0. The molecule has 3 rings (SSSR count). The zero-order chi connectivity index (χ0) is 14.7. The van der Waals surface area contributed by atoms with E-state index < -0.39 is 5.54 Å². The third-order valence-corrected chi connectivity index (χ3v) is 3.94. The number of para-hydroxylation sites is 3. The Morgan fingerprint density at radius 3 is 2.76 bits per heavy atom. The quantitative estimate of drug-likeness (QED) is 0.907. The van der Waals surface area contributed by atoms with Gasteiger partial charge in [0.05, 0.1) is 31.5 Å². The highest BCUT2D eigenvalue weighted by molar-refractivity contribution is 5.60. The average molecular weight is 285 g/mol. The van der Waals surface area contributed by atoms with Crippen molar-refractivity contribution in [3.63, 3.8) is 0 Å². The van der Waals surface area contributed by atoms with Crippen LogP contribution in [0, 0.1) is 0 Å². The third kappa shape index (κ3) is 2.43. The first-order chi connectivity index (χ1) is 10.3.